The average molecular weight is 466 g/mol. The number of hydrogen-bond donors (Lipinski definition) is 1. The van der Waals surface area contributed by atoms with E-state index in [0.717, 1.165) is 17.7 Å². The number of anilines is 1. The maximum atomic E-state index is 12.6. The first-order chi connectivity index (χ1) is 15.7. The van der Waals surface area contributed by atoms with Gasteiger partial charge in [-0.2, -0.15) is 13.2 Å². The Morgan fingerprint density at radius 3 is 2.36 bits per heavy atom. The van der Waals surface area contributed by atoms with Crippen molar-refractivity contribution in [3.05, 3.63) is 65.2 Å². The standard InChI is InChI=1S/C24H31N3O2.CHF3.H2/c1-24(2)21-7-5-4-6-19(21)16-22(24)25-20-10-8-18(9-11-20)17-26(3)23(28)27-12-14-29-15-13-27;2-1(3)4;/h4-11,22,25H,12-17H2,1-3H3;1H;1H/t22-;;/m0../s1. The van der Waals surface area contributed by atoms with Crippen LogP contribution in [0.3, 0.4) is 0 Å². The summed E-state index contributed by atoms with van der Waals surface area (Å²) in [5.74, 6) is 0. The van der Waals surface area contributed by atoms with Gasteiger partial charge in [-0.1, -0.05) is 50.2 Å². The van der Waals surface area contributed by atoms with Gasteiger partial charge in [0.15, 0.2) is 0 Å². The van der Waals surface area contributed by atoms with Crippen molar-refractivity contribution >= 4 is 11.7 Å². The second kappa shape index (κ2) is 10.9. The number of rotatable bonds is 4. The number of benzene rings is 2. The molecule has 8 heteroatoms. The number of fused-ring (bicyclic) bond motifs is 1. The lowest BCUT2D eigenvalue weighted by molar-refractivity contribution is 0.00819. The van der Waals surface area contributed by atoms with Gasteiger partial charge in [-0.25, -0.2) is 4.79 Å². The molecule has 0 saturated carbocycles. The van der Waals surface area contributed by atoms with Crippen LogP contribution in [0.5, 0.6) is 0 Å². The molecule has 1 aliphatic carbocycles. The Kier molecular flexibility index (Phi) is 8.24. The highest BCUT2D eigenvalue weighted by Crippen LogP contribution is 2.39. The molecule has 1 saturated heterocycles. The Hall–Kier alpha value is -2.74. The Bertz CT molecular complexity index is 919. The van der Waals surface area contributed by atoms with Gasteiger partial charge in [0.05, 0.1) is 13.2 Å². The molecular formula is C25H34F3N3O2. The second-order valence-electron chi connectivity index (χ2n) is 8.96. The fourth-order valence-corrected chi connectivity index (χ4v) is 4.47. The molecule has 2 aromatic carbocycles. The molecule has 1 heterocycles. The van der Waals surface area contributed by atoms with Crippen LogP contribution in [0.1, 0.15) is 32.0 Å². The van der Waals surface area contributed by atoms with Crippen LogP contribution in [0.2, 0.25) is 0 Å². The van der Waals surface area contributed by atoms with Gasteiger partial charge in [-0.3, -0.25) is 0 Å². The van der Waals surface area contributed by atoms with E-state index in [0.29, 0.717) is 38.9 Å². The number of urea groups is 1. The van der Waals surface area contributed by atoms with Crippen molar-refractivity contribution in [3.8, 4) is 0 Å². The molecule has 0 spiro atoms. The van der Waals surface area contributed by atoms with Crippen molar-refractivity contribution in [1.82, 2.24) is 9.80 Å². The lowest BCUT2D eigenvalue weighted by Gasteiger charge is -2.31. The average Bonchev–Trinajstić information content (AvgIpc) is 3.04. The first-order valence-electron chi connectivity index (χ1n) is 11.1. The topological polar surface area (TPSA) is 44.8 Å². The Labute approximate surface area is 195 Å². The fourth-order valence-electron chi connectivity index (χ4n) is 4.47. The molecule has 1 aliphatic heterocycles. The van der Waals surface area contributed by atoms with Crippen molar-refractivity contribution in [1.29, 1.82) is 0 Å². The van der Waals surface area contributed by atoms with Gasteiger partial charge in [-0.15, -0.1) is 0 Å². The highest BCUT2D eigenvalue weighted by atomic mass is 19.4. The zero-order valence-electron chi connectivity index (χ0n) is 19.4. The first-order valence-corrected chi connectivity index (χ1v) is 11.1. The summed E-state index contributed by atoms with van der Waals surface area (Å²) in [4.78, 5) is 16.2. The van der Waals surface area contributed by atoms with E-state index in [-0.39, 0.29) is 12.9 Å². The predicted octanol–water partition coefficient (Wildman–Crippen LogP) is 5.31. The van der Waals surface area contributed by atoms with Gasteiger partial charge < -0.3 is 19.9 Å². The van der Waals surface area contributed by atoms with Gasteiger partial charge in [0.1, 0.15) is 0 Å². The van der Waals surface area contributed by atoms with E-state index in [1.807, 2.05) is 11.9 Å². The van der Waals surface area contributed by atoms with Crippen LogP contribution in [0.25, 0.3) is 0 Å². The molecule has 0 unspecified atom stereocenters. The molecule has 1 atom stereocenters. The molecule has 2 amide bonds. The van der Waals surface area contributed by atoms with Crippen LogP contribution < -0.4 is 5.32 Å². The lowest BCUT2D eigenvalue weighted by atomic mass is 9.83. The summed E-state index contributed by atoms with van der Waals surface area (Å²) in [5.41, 5.74) is 5.24. The molecule has 4 rings (SSSR count). The second-order valence-corrected chi connectivity index (χ2v) is 8.96. The van der Waals surface area contributed by atoms with Crippen molar-refractivity contribution in [3.63, 3.8) is 0 Å². The number of nitrogens with zero attached hydrogens (tertiary/aromatic N) is 2. The van der Waals surface area contributed by atoms with Crippen LogP contribution in [0, 0.1) is 0 Å². The monoisotopic (exact) mass is 465 g/mol. The van der Waals surface area contributed by atoms with Gasteiger partial charge in [0.2, 0.25) is 0 Å². The van der Waals surface area contributed by atoms with Gasteiger partial charge in [-0.05, 0) is 35.2 Å². The maximum Gasteiger partial charge on any atom is 0.379 e. The number of alkyl halides is 3. The molecule has 2 aliphatic rings. The molecule has 0 bridgehead atoms. The van der Waals surface area contributed by atoms with Crippen molar-refractivity contribution < 1.29 is 24.1 Å². The number of hydrogen-bond acceptors (Lipinski definition) is 3. The Balaban J connectivity index is 0.000000758. The number of carbonyl (C=O) groups is 1. The van der Waals surface area contributed by atoms with E-state index in [1.165, 1.54) is 11.1 Å². The minimum absolute atomic E-state index is 0. The van der Waals surface area contributed by atoms with Crippen molar-refractivity contribution in [2.75, 3.05) is 38.7 Å². The quantitative estimate of drug-likeness (QED) is 0.666. The third-order valence-electron chi connectivity index (χ3n) is 6.33. The van der Waals surface area contributed by atoms with Crippen molar-refractivity contribution in [2.45, 2.75) is 44.9 Å². The summed E-state index contributed by atoms with van der Waals surface area (Å²) in [6.45, 7) is 4.17. The van der Waals surface area contributed by atoms with Crippen LogP contribution in [-0.4, -0.2) is 61.9 Å². The van der Waals surface area contributed by atoms with Crippen LogP contribution in [-0.2, 0) is 23.1 Å². The maximum absolute atomic E-state index is 12.6. The summed E-state index contributed by atoms with van der Waals surface area (Å²) in [6.07, 6.45) is 1.04. The van der Waals surface area contributed by atoms with E-state index in [1.54, 1.807) is 4.90 Å². The summed E-state index contributed by atoms with van der Waals surface area (Å²) < 4.78 is 34.3. The van der Waals surface area contributed by atoms with Crippen LogP contribution in [0.15, 0.2) is 48.5 Å². The van der Waals surface area contributed by atoms with Crippen LogP contribution in [0.4, 0.5) is 23.7 Å². The first kappa shape index (κ1) is 24.9. The molecular weight excluding hydrogens is 431 g/mol. The summed E-state index contributed by atoms with van der Waals surface area (Å²) in [5, 5.41) is 3.73. The summed E-state index contributed by atoms with van der Waals surface area (Å²) in [7, 11) is 1.86. The molecule has 1 N–H and O–H groups in total. The third kappa shape index (κ3) is 6.41. The van der Waals surface area contributed by atoms with E-state index in [4.69, 9.17) is 4.74 Å². The highest BCUT2D eigenvalue weighted by molar-refractivity contribution is 5.74. The minimum atomic E-state index is -3.67. The highest BCUT2D eigenvalue weighted by Gasteiger charge is 2.38. The zero-order chi connectivity index (χ0) is 24.0. The molecule has 33 heavy (non-hydrogen) atoms. The minimum Gasteiger partial charge on any atom is -0.381 e. The SMILES string of the molecule is CN(Cc1ccc(N[C@H]2Cc3ccccc3C2(C)C)cc1)C(=O)N1CCOCC1.FC(F)F.[HH]. The van der Waals surface area contributed by atoms with E-state index < -0.39 is 6.68 Å². The molecule has 0 aromatic heterocycles. The predicted molar refractivity (Wildman–Crippen MR) is 126 cm³/mol. The van der Waals surface area contributed by atoms with E-state index in [9.17, 15) is 18.0 Å². The van der Waals surface area contributed by atoms with Crippen molar-refractivity contribution in [2.24, 2.45) is 0 Å². The number of ether oxygens (including phenoxy) is 1. The number of carbonyl (C=O) groups excluding carboxylic acids is 1. The zero-order valence-corrected chi connectivity index (χ0v) is 19.4. The Morgan fingerprint density at radius 1 is 1.15 bits per heavy atom. The Morgan fingerprint density at radius 2 is 1.76 bits per heavy atom. The number of morpholine rings is 1. The lowest BCUT2D eigenvalue weighted by Crippen LogP contribution is -2.46. The molecule has 5 nitrogen and oxygen atoms in total. The van der Waals surface area contributed by atoms with E-state index in [2.05, 4.69) is 67.7 Å². The smallest absolute Gasteiger partial charge is 0.379 e. The molecule has 1 fully saturated rings. The van der Waals surface area contributed by atoms with Crippen LogP contribution >= 0.6 is 0 Å². The summed E-state index contributed by atoms with van der Waals surface area (Å²) >= 11 is 0. The largest absolute Gasteiger partial charge is 0.381 e. The fraction of sp³-hybridized carbons (Fsp3) is 0.480. The summed E-state index contributed by atoms with van der Waals surface area (Å²) in [6, 6.07) is 17.7. The molecule has 182 valence electrons. The van der Waals surface area contributed by atoms with Gasteiger partial charge in [0.25, 0.3) is 0 Å². The van der Waals surface area contributed by atoms with E-state index >= 15 is 0 Å². The van der Waals surface area contributed by atoms with Gasteiger partial charge in [0, 0.05) is 45.3 Å². The number of amides is 2. The molecule has 0 radical (unpaired) electrons. The normalized spacial score (nSPS) is 18.9. The molecule has 2 aromatic rings. The number of nitrogens with one attached hydrogen (secondary N) is 1. The third-order valence-corrected chi connectivity index (χ3v) is 6.33. The number of halogens is 3. The van der Waals surface area contributed by atoms with Gasteiger partial charge >= 0.3 is 12.7 Å².